The topological polar surface area (TPSA) is 98.0 Å². The lowest BCUT2D eigenvalue weighted by atomic mass is 9.88. The molecular formula is C28H34ClN5O3S. The molecule has 1 aliphatic heterocycles. The third-order valence-corrected chi connectivity index (χ3v) is 9.47. The summed E-state index contributed by atoms with van der Waals surface area (Å²) in [6.07, 6.45) is 4.39. The maximum absolute atomic E-state index is 13.4. The van der Waals surface area contributed by atoms with Gasteiger partial charge in [0.05, 0.1) is 10.6 Å². The maximum atomic E-state index is 13.4. The van der Waals surface area contributed by atoms with E-state index in [1.807, 2.05) is 27.8 Å². The third-order valence-electron chi connectivity index (χ3n) is 7.52. The highest BCUT2D eigenvalue weighted by atomic mass is 35.5. The minimum atomic E-state index is -3.30. The monoisotopic (exact) mass is 555 g/mol. The number of hydrogen-bond donors (Lipinski definition) is 0. The molecule has 5 rings (SSSR count). The number of pyridine rings is 1. The first-order valence-corrected chi connectivity index (χ1v) is 15.4. The average Bonchev–Trinajstić information content (AvgIpc) is 3.49. The van der Waals surface area contributed by atoms with Crippen LogP contribution in [0, 0.1) is 0 Å². The van der Waals surface area contributed by atoms with Crippen LogP contribution in [0.5, 0.6) is 0 Å². The van der Waals surface area contributed by atoms with Gasteiger partial charge in [0.1, 0.15) is 5.82 Å². The van der Waals surface area contributed by atoms with Crippen LogP contribution in [0.4, 0.5) is 0 Å². The quantitative estimate of drug-likeness (QED) is 0.371. The fourth-order valence-corrected chi connectivity index (χ4v) is 6.17. The van der Waals surface area contributed by atoms with Crippen molar-refractivity contribution in [1.82, 2.24) is 24.6 Å². The van der Waals surface area contributed by atoms with E-state index in [1.54, 1.807) is 19.1 Å². The first-order valence-electron chi connectivity index (χ1n) is 13.3. The molecule has 2 atom stereocenters. The Morgan fingerprint density at radius 3 is 2.53 bits per heavy atom. The van der Waals surface area contributed by atoms with Crippen molar-refractivity contribution in [3.8, 4) is 0 Å². The van der Waals surface area contributed by atoms with Crippen LogP contribution in [-0.4, -0.2) is 57.8 Å². The fraction of sp³-hybridized carbons (Fsp3) is 0.500. The number of aromatic nitrogens is 4. The smallest absolute Gasteiger partial charge is 0.223 e. The summed E-state index contributed by atoms with van der Waals surface area (Å²) in [5.41, 5.74) is 1.79. The van der Waals surface area contributed by atoms with Crippen molar-refractivity contribution in [2.75, 3.05) is 18.8 Å². The van der Waals surface area contributed by atoms with Crippen LogP contribution in [0.15, 0.2) is 47.5 Å². The Morgan fingerprint density at radius 1 is 1.13 bits per heavy atom. The molecule has 0 bridgehead atoms. The number of nitrogens with zero attached hydrogens (tertiary/aromatic N) is 5. The van der Waals surface area contributed by atoms with E-state index in [9.17, 15) is 13.2 Å². The molecule has 3 aromatic rings. The van der Waals surface area contributed by atoms with Crippen LogP contribution in [0.3, 0.4) is 0 Å². The van der Waals surface area contributed by atoms with Gasteiger partial charge < -0.3 is 4.90 Å². The summed E-state index contributed by atoms with van der Waals surface area (Å²) < 4.78 is 26.2. The molecule has 1 aliphatic carbocycles. The van der Waals surface area contributed by atoms with Gasteiger partial charge in [-0.2, -0.15) is 5.10 Å². The number of rotatable bonds is 9. The largest absolute Gasteiger partial charge is 0.341 e. The molecule has 202 valence electrons. The number of likely N-dealkylation sites (tertiary alicyclic amines) is 1. The Bertz CT molecular complexity index is 1420. The molecule has 2 aliphatic rings. The molecular weight excluding hydrogens is 522 g/mol. The van der Waals surface area contributed by atoms with Gasteiger partial charge in [0.25, 0.3) is 0 Å². The molecule has 38 heavy (non-hydrogen) atoms. The van der Waals surface area contributed by atoms with Crippen LogP contribution in [0.25, 0.3) is 0 Å². The zero-order valence-corrected chi connectivity index (χ0v) is 23.6. The molecule has 0 spiro atoms. The summed E-state index contributed by atoms with van der Waals surface area (Å²) in [5, 5.41) is 5.54. The van der Waals surface area contributed by atoms with E-state index in [0.29, 0.717) is 42.6 Å². The predicted molar refractivity (Wildman–Crippen MR) is 146 cm³/mol. The summed E-state index contributed by atoms with van der Waals surface area (Å²) in [4.78, 5) is 24.8. The number of carbonyl (C=O) groups excluding carboxylic acids is 1. The fourth-order valence-electron chi connectivity index (χ4n) is 5.15. The molecule has 10 heteroatoms. The molecule has 8 nitrogen and oxygen atoms in total. The molecule has 0 N–H and O–H groups in total. The molecule has 2 fully saturated rings. The van der Waals surface area contributed by atoms with Crippen LogP contribution < -0.4 is 0 Å². The molecule has 0 radical (unpaired) electrons. The van der Waals surface area contributed by atoms with E-state index in [-0.39, 0.29) is 34.4 Å². The summed E-state index contributed by atoms with van der Waals surface area (Å²) in [6, 6.07) is 11.3. The van der Waals surface area contributed by atoms with E-state index in [2.05, 4.69) is 24.9 Å². The number of amides is 1. The van der Waals surface area contributed by atoms with Crippen molar-refractivity contribution in [1.29, 1.82) is 0 Å². The highest BCUT2D eigenvalue weighted by Gasteiger charge is 2.41. The Hall–Kier alpha value is -2.78. The summed E-state index contributed by atoms with van der Waals surface area (Å²) in [5.74, 6) is 2.45. The second-order valence-electron chi connectivity index (χ2n) is 10.6. The van der Waals surface area contributed by atoms with Crippen molar-refractivity contribution >= 4 is 27.3 Å². The summed E-state index contributed by atoms with van der Waals surface area (Å²) in [6.45, 7) is 6.98. The standard InChI is InChI=1S/C28H34ClN5O3S/c1-4-38(36,37)23-12-10-22(30-15-23)11-13-26(35)33-16-24(20-6-5-7-21(29)14-20)25(17-33)28-31-27(19-8-9-19)32-34(28)18(2)3/h5-7,10,12,14-15,18-19,24-25H,4,8-9,11,13,16-17H2,1-3H3. The minimum absolute atomic E-state index is 0.0106. The van der Waals surface area contributed by atoms with Gasteiger partial charge in [-0.1, -0.05) is 30.7 Å². The second-order valence-corrected chi connectivity index (χ2v) is 13.3. The van der Waals surface area contributed by atoms with Gasteiger partial charge in [0.2, 0.25) is 5.91 Å². The van der Waals surface area contributed by atoms with Crippen molar-refractivity contribution in [2.24, 2.45) is 0 Å². The van der Waals surface area contributed by atoms with E-state index >= 15 is 0 Å². The number of carbonyl (C=O) groups is 1. The Kier molecular flexibility index (Phi) is 7.60. The van der Waals surface area contributed by atoms with Gasteiger partial charge in [-0.05, 0) is 62.9 Å². The highest BCUT2D eigenvalue weighted by molar-refractivity contribution is 7.91. The van der Waals surface area contributed by atoms with Crippen molar-refractivity contribution in [3.63, 3.8) is 0 Å². The SMILES string of the molecule is CCS(=O)(=O)c1ccc(CCC(=O)N2CC(c3cccc(Cl)c3)C(c3nc(C4CC4)nn3C(C)C)C2)nc1. The molecule has 1 amide bonds. The molecule has 2 unspecified atom stereocenters. The number of sulfone groups is 1. The van der Waals surface area contributed by atoms with Gasteiger partial charge in [-0.15, -0.1) is 0 Å². The van der Waals surface area contributed by atoms with Gasteiger partial charge in [-0.3, -0.25) is 9.78 Å². The van der Waals surface area contributed by atoms with Crippen LogP contribution in [-0.2, 0) is 21.1 Å². The number of hydrogen-bond acceptors (Lipinski definition) is 6. The van der Waals surface area contributed by atoms with Gasteiger partial charge >= 0.3 is 0 Å². The lowest BCUT2D eigenvalue weighted by Crippen LogP contribution is -2.29. The molecule has 2 aromatic heterocycles. The van der Waals surface area contributed by atoms with Gasteiger partial charge in [0.15, 0.2) is 15.7 Å². The average molecular weight is 556 g/mol. The lowest BCUT2D eigenvalue weighted by molar-refractivity contribution is -0.130. The molecule has 1 saturated heterocycles. The molecule has 3 heterocycles. The summed E-state index contributed by atoms with van der Waals surface area (Å²) >= 11 is 6.36. The van der Waals surface area contributed by atoms with E-state index in [4.69, 9.17) is 21.7 Å². The van der Waals surface area contributed by atoms with E-state index in [1.165, 1.54) is 6.20 Å². The number of benzene rings is 1. The minimum Gasteiger partial charge on any atom is -0.341 e. The van der Waals surface area contributed by atoms with E-state index in [0.717, 1.165) is 30.1 Å². The first-order chi connectivity index (χ1) is 18.2. The molecule has 1 aromatic carbocycles. The van der Waals surface area contributed by atoms with Gasteiger partial charge in [-0.25, -0.2) is 18.1 Å². The normalized spacial score (nSPS) is 19.9. The van der Waals surface area contributed by atoms with Crippen LogP contribution >= 0.6 is 11.6 Å². The Morgan fingerprint density at radius 2 is 1.89 bits per heavy atom. The molecule has 1 saturated carbocycles. The Labute approximate surface area is 229 Å². The zero-order chi connectivity index (χ0) is 27.0. The second kappa shape index (κ2) is 10.8. The Balaban J connectivity index is 1.36. The van der Waals surface area contributed by atoms with Crippen molar-refractivity contribution in [2.45, 2.75) is 75.1 Å². The van der Waals surface area contributed by atoms with Gasteiger partial charge in [0, 0.05) is 60.2 Å². The number of aryl methyl sites for hydroxylation is 1. The predicted octanol–water partition coefficient (Wildman–Crippen LogP) is 4.92. The maximum Gasteiger partial charge on any atom is 0.223 e. The lowest BCUT2D eigenvalue weighted by Gasteiger charge is -2.20. The first kappa shape index (κ1) is 26.8. The highest BCUT2D eigenvalue weighted by Crippen LogP contribution is 2.43. The third kappa shape index (κ3) is 5.64. The van der Waals surface area contributed by atoms with Crippen molar-refractivity contribution < 1.29 is 13.2 Å². The van der Waals surface area contributed by atoms with Crippen molar-refractivity contribution in [3.05, 3.63) is 70.5 Å². The summed E-state index contributed by atoms with van der Waals surface area (Å²) in [7, 11) is -3.30. The number of halogens is 1. The van der Waals surface area contributed by atoms with Crippen LogP contribution in [0.1, 0.15) is 86.7 Å². The van der Waals surface area contributed by atoms with Crippen LogP contribution in [0.2, 0.25) is 5.02 Å². The zero-order valence-electron chi connectivity index (χ0n) is 22.0. The van der Waals surface area contributed by atoms with E-state index < -0.39 is 9.84 Å².